The Balaban J connectivity index is 2.32. The molecule has 0 bridgehead atoms. The molecule has 0 aliphatic rings. The topological polar surface area (TPSA) is 85.4 Å². The molecule has 0 unspecified atom stereocenters. The van der Waals surface area contributed by atoms with Crippen LogP contribution in [0.25, 0.3) is 0 Å². The highest BCUT2D eigenvalue weighted by molar-refractivity contribution is 7.90. The maximum atomic E-state index is 12.4. The largest absolute Gasteiger partial charge is 0.378 e. The molecule has 1 aromatic carbocycles. The number of amides is 1. The van der Waals surface area contributed by atoms with Crippen LogP contribution in [0.4, 0.5) is 0 Å². The SMILES string of the molecule is COCc1nc(C)c(C(=O)NS(=O)(=O)c2c(Cl)cccc2Cl)s1. The fourth-order valence-electron chi connectivity index (χ4n) is 1.81. The van der Waals surface area contributed by atoms with Crippen molar-refractivity contribution in [1.82, 2.24) is 9.71 Å². The molecule has 0 aliphatic heterocycles. The number of halogens is 2. The van der Waals surface area contributed by atoms with E-state index in [0.717, 1.165) is 11.3 Å². The molecule has 0 radical (unpaired) electrons. The van der Waals surface area contributed by atoms with Crippen molar-refractivity contribution in [2.75, 3.05) is 7.11 Å². The van der Waals surface area contributed by atoms with Gasteiger partial charge in [-0.05, 0) is 19.1 Å². The highest BCUT2D eigenvalue weighted by atomic mass is 35.5. The van der Waals surface area contributed by atoms with Crippen LogP contribution < -0.4 is 4.72 Å². The first-order chi connectivity index (χ1) is 10.8. The maximum Gasteiger partial charge on any atom is 0.277 e. The van der Waals surface area contributed by atoms with E-state index < -0.39 is 15.9 Å². The Morgan fingerprint density at radius 2 is 1.96 bits per heavy atom. The van der Waals surface area contributed by atoms with Crippen LogP contribution >= 0.6 is 34.5 Å². The highest BCUT2D eigenvalue weighted by Gasteiger charge is 2.26. The molecule has 0 fully saturated rings. The molecular weight excluding hydrogens is 383 g/mol. The van der Waals surface area contributed by atoms with E-state index in [2.05, 4.69) is 4.98 Å². The van der Waals surface area contributed by atoms with E-state index in [1.165, 1.54) is 25.3 Å². The van der Waals surface area contributed by atoms with Crippen molar-refractivity contribution >= 4 is 50.5 Å². The predicted molar refractivity (Wildman–Crippen MR) is 88.7 cm³/mol. The van der Waals surface area contributed by atoms with Gasteiger partial charge in [0, 0.05) is 7.11 Å². The number of carbonyl (C=O) groups is 1. The fourth-order valence-corrected chi connectivity index (χ4v) is 4.91. The summed E-state index contributed by atoms with van der Waals surface area (Å²) in [6.07, 6.45) is 0. The summed E-state index contributed by atoms with van der Waals surface area (Å²) in [5.41, 5.74) is 0.417. The minimum Gasteiger partial charge on any atom is -0.378 e. The van der Waals surface area contributed by atoms with Gasteiger partial charge >= 0.3 is 0 Å². The van der Waals surface area contributed by atoms with Gasteiger partial charge in [-0.2, -0.15) is 0 Å². The third kappa shape index (κ3) is 4.02. The molecule has 0 spiro atoms. The first kappa shape index (κ1) is 18.2. The van der Waals surface area contributed by atoms with Gasteiger partial charge in [-0.1, -0.05) is 29.3 Å². The molecule has 0 saturated carbocycles. The number of nitrogens with one attached hydrogen (secondary N) is 1. The number of rotatable bonds is 5. The van der Waals surface area contributed by atoms with Gasteiger partial charge < -0.3 is 4.74 Å². The second kappa shape index (κ2) is 7.14. The molecule has 10 heteroatoms. The number of carbonyl (C=O) groups excluding carboxylic acids is 1. The summed E-state index contributed by atoms with van der Waals surface area (Å²) in [6.45, 7) is 1.85. The van der Waals surface area contributed by atoms with E-state index in [0.29, 0.717) is 10.7 Å². The minimum absolute atomic E-state index is 0.0705. The Morgan fingerprint density at radius 3 is 2.52 bits per heavy atom. The highest BCUT2D eigenvalue weighted by Crippen LogP contribution is 2.29. The first-order valence-electron chi connectivity index (χ1n) is 6.22. The predicted octanol–water partition coefficient (Wildman–Crippen LogP) is 3.02. The van der Waals surface area contributed by atoms with Gasteiger partial charge in [-0.25, -0.2) is 18.1 Å². The quantitative estimate of drug-likeness (QED) is 0.841. The number of aryl methyl sites for hydroxylation is 1. The van der Waals surface area contributed by atoms with Crippen molar-refractivity contribution in [1.29, 1.82) is 0 Å². The van der Waals surface area contributed by atoms with Gasteiger partial charge in [0.15, 0.2) is 0 Å². The number of sulfonamides is 1. The van der Waals surface area contributed by atoms with Crippen molar-refractivity contribution < 1.29 is 17.9 Å². The number of hydrogen-bond acceptors (Lipinski definition) is 6. The lowest BCUT2D eigenvalue weighted by Crippen LogP contribution is -2.30. The molecule has 1 N–H and O–H groups in total. The number of hydrogen-bond donors (Lipinski definition) is 1. The van der Waals surface area contributed by atoms with Gasteiger partial charge in [0.2, 0.25) is 0 Å². The Bertz CT molecular complexity index is 829. The molecule has 0 saturated heterocycles. The maximum absolute atomic E-state index is 12.4. The lowest BCUT2D eigenvalue weighted by atomic mass is 10.4. The Hall–Kier alpha value is -1.19. The second-order valence-electron chi connectivity index (χ2n) is 4.44. The molecule has 1 aromatic heterocycles. The summed E-state index contributed by atoms with van der Waals surface area (Å²) in [4.78, 5) is 16.2. The number of ether oxygens (including phenoxy) is 1. The fraction of sp³-hybridized carbons (Fsp3) is 0.231. The number of aromatic nitrogens is 1. The summed E-state index contributed by atoms with van der Waals surface area (Å²) >= 11 is 12.8. The second-order valence-corrected chi connectivity index (χ2v) is 7.96. The molecule has 124 valence electrons. The van der Waals surface area contributed by atoms with Crippen LogP contribution in [0.15, 0.2) is 23.1 Å². The van der Waals surface area contributed by atoms with Gasteiger partial charge in [-0.15, -0.1) is 11.3 Å². The van der Waals surface area contributed by atoms with E-state index in [1.54, 1.807) is 6.92 Å². The zero-order chi connectivity index (χ0) is 17.2. The third-order valence-electron chi connectivity index (χ3n) is 2.73. The van der Waals surface area contributed by atoms with Gasteiger partial charge in [0.1, 0.15) is 14.8 Å². The van der Waals surface area contributed by atoms with Crippen LogP contribution in [-0.2, 0) is 21.4 Å². The molecule has 2 aromatic rings. The van der Waals surface area contributed by atoms with Crippen LogP contribution in [0.3, 0.4) is 0 Å². The van der Waals surface area contributed by atoms with Crippen molar-refractivity contribution in [3.63, 3.8) is 0 Å². The van der Waals surface area contributed by atoms with E-state index >= 15 is 0 Å². The van der Waals surface area contributed by atoms with Crippen molar-refractivity contribution in [2.45, 2.75) is 18.4 Å². The molecule has 2 rings (SSSR count). The Labute approximate surface area is 147 Å². The third-order valence-corrected chi connectivity index (χ3v) is 6.14. The van der Waals surface area contributed by atoms with Gasteiger partial charge in [-0.3, -0.25) is 4.79 Å². The lowest BCUT2D eigenvalue weighted by molar-refractivity contribution is 0.0984. The van der Waals surface area contributed by atoms with Gasteiger partial charge in [0.25, 0.3) is 15.9 Å². The van der Waals surface area contributed by atoms with Crippen molar-refractivity contribution in [3.05, 3.63) is 43.8 Å². The van der Waals surface area contributed by atoms with E-state index in [-0.39, 0.29) is 26.4 Å². The van der Waals surface area contributed by atoms with Crippen molar-refractivity contribution in [3.8, 4) is 0 Å². The molecule has 1 heterocycles. The molecule has 1 amide bonds. The summed E-state index contributed by atoms with van der Waals surface area (Å²) in [5.74, 6) is -0.793. The first-order valence-corrected chi connectivity index (χ1v) is 9.28. The average Bonchev–Trinajstić information content (AvgIpc) is 2.79. The van der Waals surface area contributed by atoms with Crippen LogP contribution in [0.2, 0.25) is 10.0 Å². The van der Waals surface area contributed by atoms with Gasteiger partial charge in [0.05, 0.1) is 22.3 Å². The van der Waals surface area contributed by atoms with E-state index in [4.69, 9.17) is 27.9 Å². The Kier molecular flexibility index (Phi) is 5.64. The molecular formula is C13H12Cl2N2O4S2. The number of thiazole rings is 1. The van der Waals surface area contributed by atoms with Crippen LogP contribution in [0.1, 0.15) is 20.4 Å². The van der Waals surface area contributed by atoms with E-state index in [9.17, 15) is 13.2 Å². The molecule has 0 aliphatic carbocycles. The van der Waals surface area contributed by atoms with Crippen molar-refractivity contribution in [2.24, 2.45) is 0 Å². The smallest absolute Gasteiger partial charge is 0.277 e. The van der Waals surface area contributed by atoms with Crippen LogP contribution in [0.5, 0.6) is 0 Å². The number of methoxy groups -OCH3 is 1. The molecule has 23 heavy (non-hydrogen) atoms. The summed E-state index contributed by atoms with van der Waals surface area (Å²) in [5, 5.41) is 0.432. The van der Waals surface area contributed by atoms with Crippen LogP contribution in [-0.4, -0.2) is 26.4 Å². The normalized spacial score (nSPS) is 11.5. The lowest BCUT2D eigenvalue weighted by Gasteiger charge is -2.09. The minimum atomic E-state index is -4.20. The monoisotopic (exact) mass is 394 g/mol. The Morgan fingerprint density at radius 1 is 1.35 bits per heavy atom. The van der Waals surface area contributed by atoms with E-state index in [1.807, 2.05) is 4.72 Å². The zero-order valence-corrected chi connectivity index (χ0v) is 15.2. The molecule has 0 atom stereocenters. The molecule has 6 nitrogen and oxygen atoms in total. The summed E-state index contributed by atoms with van der Waals surface area (Å²) in [7, 11) is -2.70. The zero-order valence-electron chi connectivity index (χ0n) is 12.1. The number of benzene rings is 1. The average molecular weight is 395 g/mol. The summed E-state index contributed by atoms with van der Waals surface area (Å²) < 4.78 is 31.6. The number of nitrogens with zero attached hydrogens (tertiary/aromatic N) is 1. The van der Waals surface area contributed by atoms with Crippen LogP contribution in [0, 0.1) is 6.92 Å². The standard InChI is InChI=1S/C13H12Cl2N2O4S2/c1-7-11(22-10(16-7)6-21-2)13(18)17-23(19,20)12-8(14)4-3-5-9(12)15/h3-5H,6H2,1-2H3,(H,17,18). The summed E-state index contributed by atoms with van der Waals surface area (Å²) in [6, 6.07) is 4.26.